The summed E-state index contributed by atoms with van der Waals surface area (Å²) < 4.78 is 4.25. The molecule has 0 spiro atoms. The molecule has 3 aliphatic rings. The Morgan fingerprint density at radius 3 is 2.64 bits per heavy atom. The first-order valence-electron chi connectivity index (χ1n) is 15.0. The number of hydrogen-bond acceptors (Lipinski definition) is 4. The molecule has 1 unspecified atom stereocenters. The molecule has 8 nitrogen and oxygen atoms in total. The van der Waals surface area contributed by atoms with Crippen molar-refractivity contribution in [1.29, 1.82) is 0 Å². The molecule has 3 aromatic carbocycles. The average molecular weight is 562 g/mol. The lowest BCUT2D eigenvalue weighted by Gasteiger charge is -2.30. The Morgan fingerprint density at radius 1 is 0.929 bits per heavy atom. The van der Waals surface area contributed by atoms with E-state index < -0.39 is 5.97 Å². The highest BCUT2D eigenvalue weighted by Crippen LogP contribution is 2.35. The summed E-state index contributed by atoms with van der Waals surface area (Å²) in [6, 6.07) is 18.5. The van der Waals surface area contributed by atoms with Gasteiger partial charge in [-0.3, -0.25) is 9.59 Å². The number of aliphatic carboxylic acids is 1. The van der Waals surface area contributed by atoms with E-state index in [4.69, 9.17) is 0 Å². The van der Waals surface area contributed by atoms with Crippen LogP contribution in [0.15, 0.2) is 60.8 Å². The van der Waals surface area contributed by atoms with Crippen molar-refractivity contribution in [3.05, 3.63) is 94.2 Å². The van der Waals surface area contributed by atoms with Gasteiger partial charge in [0.2, 0.25) is 0 Å². The first kappa shape index (κ1) is 26.4. The quantitative estimate of drug-likeness (QED) is 0.282. The van der Waals surface area contributed by atoms with Crippen LogP contribution in [0.5, 0.6) is 0 Å². The molecule has 1 atom stereocenters. The van der Waals surface area contributed by atoms with Gasteiger partial charge in [0.05, 0.1) is 11.9 Å². The summed E-state index contributed by atoms with van der Waals surface area (Å²) in [4.78, 5) is 27.8. The van der Waals surface area contributed by atoms with E-state index in [0.29, 0.717) is 18.7 Å². The van der Waals surface area contributed by atoms with Crippen LogP contribution in [-0.2, 0) is 30.8 Å². The van der Waals surface area contributed by atoms with E-state index >= 15 is 0 Å². The molecule has 5 aromatic rings. The number of carboxylic acids is 1. The van der Waals surface area contributed by atoms with E-state index in [0.717, 1.165) is 89.4 Å². The molecule has 42 heavy (non-hydrogen) atoms. The fourth-order valence-electron chi connectivity index (χ4n) is 6.87. The van der Waals surface area contributed by atoms with Gasteiger partial charge in [0.25, 0.3) is 5.91 Å². The van der Waals surface area contributed by atoms with Crippen LogP contribution < -0.4 is 0 Å². The van der Waals surface area contributed by atoms with Gasteiger partial charge in [-0.05, 0) is 83.7 Å². The molecule has 0 radical (unpaired) electrons. The van der Waals surface area contributed by atoms with Crippen molar-refractivity contribution in [2.24, 2.45) is 0 Å². The highest BCUT2D eigenvalue weighted by Gasteiger charge is 2.26. The van der Waals surface area contributed by atoms with E-state index in [9.17, 15) is 14.7 Å². The number of fused-ring (bicyclic) bond motifs is 6. The highest BCUT2D eigenvalue weighted by molar-refractivity contribution is 5.98. The van der Waals surface area contributed by atoms with Crippen molar-refractivity contribution >= 4 is 33.8 Å². The number of carbonyl (C=O) groups is 2. The minimum Gasteiger partial charge on any atom is -0.481 e. The third kappa shape index (κ3) is 4.74. The van der Waals surface area contributed by atoms with Gasteiger partial charge >= 0.3 is 5.97 Å². The molecule has 0 saturated carbocycles. The molecule has 5 heterocycles. The lowest BCUT2D eigenvalue weighted by molar-refractivity contribution is -0.137. The molecule has 9 bridgehead atoms. The van der Waals surface area contributed by atoms with Gasteiger partial charge in [0, 0.05) is 49.4 Å². The van der Waals surface area contributed by atoms with Crippen molar-refractivity contribution in [3.63, 3.8) is 0 Å². The van der Waals surface area contributed by atoms with Gasteiger partial charge in [-0.25, -0.2) is 4.68 Å². The first-order valence-corrected chi connectivity index (χ1v) is 15.0. The predicted octanol–water partition coefficient (Wildman–Crippen LogP) is 6.07. The van der Waals surface area contributed by atoms with Crippen molar-refractivity contribution in [3.8, 4) is 0 Å². The predicted molar refractivity (Wildman–Crippen MR) is 162 cm³/mol. The smallest absolute Gasteiger partial charge is 0.304 e. The van der Waals surface area contributed by atoms with Gasteiger partial charge in [-0.1, -0.05) is 48.4 Å². The minimum absolute atomic E-state index is 0.0262. The van der Waals surface area contributed by atoms with Gasteiger partial charge < -0.3 is 14.6 Å². The Kier molecular flexibility index (Phi) is 6.76. The zero-order valence-electron chi connectivity index (χ0n) is 23.9. The van der Waals surface area contributed by atoms with E-state index in [1.54, 1.807) is 0 Å². The SMILES string of the molecule is Cc1c2ccc3c1nnn3CCCCCCn1ccc3ccc(cc31)C(=O)N1CCc3ccc(cc3C1)C2CC(=O)O. The van der Waals surface area contributed by atoms with Crippen LogP contribution in [0, 0.1) is 6.92 Å². The Labute approximate surface area is 244 Å². The maximum Gasteiger partial charge on any atom is 0.304 e. The second-order valence-corrected chi connectivity index (χ2v) is 11.8. The summed E-state index contributed by atoms with van der Waals surface area (Å²) in [5.74, 6) is -1.14. The summed E-state index contributed by atoms with van der Waals surface area (Å²) in [6.07, 6.45) is 7.16. The number of benzene rings is 3. The molecule has 0 saturated heterocycles. The number of aromatic nitrogens is 4. The Balaban J connectivity index is 1.31. The standard InChI is InChI=1S/C34H35N5O3/c1-22-28-10-11-30-33(22)35-36-39(30)15-5-3-2-4-14-37-16-13-24-7-9-26(19-31(24)37)34(42)38-17-12-23-6-8-25(18-27(23)21-38)29(28)20-32(40)41/h6-11,13,16,18-19,29H,2-5,12,14-15,17,20-21H2,1H3,(H,40,41). The molecule has 0 aliphatic carbocycles. The molecule has 2 aromatic heterocycles. The Morgan fingerprint density at radius 2 is 1.79 bits per heavy atom. The molecular weight excluding hydrogens is 526 g/mol. The van der Waals surface area contributed by atoms with Gasteiger partial charge in [0.1, 0.15) is 5.52 Å². The summed E-state index contributed by atoms with van der Waals surface area (Å²) in [5.41, 5.74) is 8.80. The molecule has 3 aliphatic heterocycles. The van der Waals surface area contributed by atoms with Gasteiger partial charge in [-0.15, -0.1) is 5.10 Å². The van der Waals surface area contributed by atoms with E-state index in [1.807, 2.05) is 34.7 Å². The summed E-state index contributed by atoms with van der Waals surface area (Å²) >= 11 is 0. The van der Waals surface area contributed by atoms with Crippen LogP contribution in [0.4, 0.5) is 0 Å². The van der Waals surface area contributed by atoms with Crippen LogP contribution in [0.1, 0.15) is 76.2 Å². The van der Waals surface area contributed by atoms with Crippen LogP contribution in [-0.4, -0.2) is 48.0 Å². The molecule has 0 fully saturated rings. The topological polar surface area (TPSA) is 93.3 Å². The van der Waals surface area contributed by atoms with E-state index in [2.05, 4.69) is 57.5 Å². The van der Waals surface area contributed by atoms with Gasteiger partial charge in [-0.2, -0.15) is 0 Å². The maximum atomic E-state index is 13.7. The Bertz CT molecular complexity index is 1830. The van der Waals surface area contributed by atoms with Crippen molar-refractivity contribution < 1.29 is 14.7 Å². The van der Waals surface area contributed by atoms with Crippen LogP contribution >= 0.6 is 0 Å². The van der Waals surface area contributed by atoms with Gasteiger partial charge in [0.15, 0.2) is 0 Å². The third-order valence-corrected chi connectivity index (χ3v) is 9.21. The molecule has 1 amide bonds. The fourth-order valence-corrected chi connectivity index (χ4v) is 6.87. The Hall–Kier alpha value is -4.46. The number of amides is 1. The molecule has 8 heteroatoms. The number of nitrogens with zero attached hydrogens (tertiary/aromatic N) is 5. The highest BCUT2D eigenvalue weighted by atomic mass is 16.4. The van der Waals surface area contributed by atoms with Crippen LogP contribution in [0.3, 0.4) is 0 Å². The lowest BCUT2D eigenvalue weighted by Crippen LogP contribution is -2.36. The summed E-state index contributed by atoms with van der Waals surface area (Å²) in [5, 5.41) is 20.1. The number of hydrogen-bond donors (Lipinski definition) is 1. The van der Waals surface area contributed by atoms with E-state index in [-0.39, 0.29) is 18.2 Å². The molecular formula is C34H35N5O3. The van der Waals surface area contributed by atoms with Crippen molar-refractivity contribution in [2.75, 3.05) is 6.54 Å². The average Bonchev–Trinajstić information content (AvgIpc) is 3.60. The summed E-state index contributed by atoms with van der Waals surface area (Å²) in [7, 11) is 0. The fraction of sp³-hybridized carbons (Fsp3) is 0.353. The largest absolute Gasteiger partial charge is 0.481 e. The van der Waals surface area contributed by atoms with E-state index in [1.165, 1.54) is 5.56 Å². The number of carbonyl (C=O) groups excluding carboxylic acids is 1. The molecule has 214 valence electrons. The number of carboxylic acid groups (broad SMARTS) is 1. The second kappa shape index (κ2) is 10.7. The van der Waals surface area contributed by atoms with Crippen LogP contribution in [0.25, 0.3) is 21.9 Å². The number of rotatable bonds is 2. The number of aryl methyl sites for hydroxylation is 3. The monoisotopic (exact) mass is 561 g/mol. The maximum absolute atomic E-state index is 13.7. The van der Waals surface area contributed by atoms with Crippen molar-refractivity contribution in [1.82, 2.24) is 24.5 Å². The lowest BCUT2D eigenvalue weighted by atomic mass is 9.83. The van der Waals surface area contributed by atoms with Crippen LogP contribution in [0.2, 0.25) is 0 Å². The normalized spacial score (nSPS) is 17.8. The third-order valence-electron chi connectivity index (χ3n) is 9.21. The summed E-state index contributed by atoms with van der Waals surface area (Å²) in [6.45, 7) is 4.91. The molecule has 1 N–H and O–H groups in total. The second-order valence-electron chi connectivity index (χ2n) is 11.8. The zero-order chi connectivity index (χ0) is 28.8. The molecule has 8 rings (SSSR count). The van der Waals surface area contributed by atoms with Crippen molar-refractivity contribution in [2.45, 2.75) is 71.0 Å². The first-order chi connectivity index (χ1) is 20.5. The minimum atomic E-state index is -0.848. The zero-order valence-corrected chi connectivity index (χ0v) is 23.9.